The van der Waals surface area contributed by atoms with E-state index in [1.165, 1.54) is 160 Å². The van der Waals surface area contributed by atoms with Gasteiger partial charge in [0.15, 0.2) is 0 Å². The molecule has 0 heterocycles. The first-order valence-corrected chi connectivity index (χ1v) is 22.9. The summed E-state index contributed by atoms with van der Waals surface area (Å²) in [6.07, 6.45) is 37.4. The maximum absolute atomic E-state index is 11.7. The molecule has 0 radical (unpaired) electrons. The summed E-state index contributed by atoms with van der Waals surface area (Å²) in [6, 6.07) is 0. The van der Waals surface area contributed by atoms with Gasteiger partial charge in [-0.25, -0.2) is 9.59 Å². The smallest absolute Gasteiger partial charge is 0.330 e. The standard InChI is InChI=1S/C47H76O6/c1-3-45(48)52-30-28-50-43-26-24-39(32-41(43)36-16-10-6-11-17-36)47(38-22-20-35(21-23-38)34-14-8-5-9-15-34)40-25-27-44(51-29-31-53-46(49)4-2)42(33-40)37-18-12-7-13-19-37/h3-4,34-44,47H,1-2,5-33H2. The van der Waals surface area contributed by atoms with E-state index < -0.39 is 0 Å². The Morgan fingerprint density at radius 3 is 1.25 bits per heavy atom. The van der Waals surface area contributed by atoms with Crippen LogP contribution in [0, 0.1) is 59.2 Å². The van der Waals surface area contributed by atoms with E-state index in [0.29, 0.717) is 38.3 Å². The zero-order valence-electron chi connectivity index (χ0n) is 33.5. The van der Waals surface area contributed by atoms with Crippen LogP contribution in [0.2, 0.25) is 0 Å². The minimum atomic E-state index is -0.357. The Bertz CT molecular complexity index is 1040. The molecule has 300 valence electrons. The van der Waals surface area contributed by atoms with E-state index in [1.807, 2.05) is 0 Å². The van der Waals surface area contributed by atoms with Gasteiger partial charge in [0.2, 0.25) is 0 Å². The molecular formula is C47H76O6. The van der Waals surface area contributed by atoms with Crippen molar-refractivity contribution in [1.82, 2.24) is 0 Å². The van der Waals surface area contributed by atoms with Crippen LogP contribution in [0.25, 0.3) is 0 Å². The quantitative estimate of drug-likeness (QED) is 0.0892. The second-order valence-electron chi connectivity index (χ2n) is 18.5. The monoisotopic (exact) mass is 737 g/mol. The predicted molar refractivity (Wildman–Crippen MR) is 212 cm³/mol. The number of rotatable bonds is 16. The van der Waals surface area contributed by atoms with Crippen LogP contribution >= 0.6 is 0 Å². The molecule has 0 aromatic carbocycles. The summed E-state index contributed by atoms with van der Waals surface area (Å²) in [6.45, 7) is 8.73. The number of ether oxygens (including phenoxy) is 4. The van der Waals surface area contributed by atoms with Crippen LogP contribution in [0.1, 0.15) is 161 Å². The minimum absolute atomic E-state index is 0.286. The highest BCUT2D eigenvalue weighted by atomic mass is 16.6. The van der Waals surface area contributed by atoms with Crippen LogP contribution in [-0.4, -0.2) is 50.6 Å². The molecule has 0 spiro atoms. The minimum Gasteiger partial charge on any atom is -0.460 e. The van der Waals surface area contributed by atoms with Crippen molar-refractivity contribution in [2.75, 3.05) is 26.4 Å². The van der Waals surface area contributed by atoms with Crippen molar-refractivity contribution in [3.05, 3.63) is 25.3 Å². The number of hydrogen-bond donors (Lipinski definition) is 0. The predicted octanol–water partition coefficient (Wildman–Crippen LogP) is 11.2. The van der Waals surface area contributed by atoms with Gasteiger partial charge >= 0.3 is 11.9 Å². The van der Waals surface area contributed by atoms with Crippen LogP contribution in [0.5, 0.6) is 0 Å². The molecule has 0 aliphatic heterocycles. The molecule has 0 amide bonds. The third-order valence-electron chi connectivity index (χ3n) is 15.7. The van der Waals surface area contributed by atoms with Crippen LogP contribution in [-0.2, 0) is 28.5 Å². The summed E-state index contributed by atoms with van der Waals surface area (Å²) >= 11 is 0. The summed E-state index contributed by atoms with van der Waals surface area (Å²) in [5, 5.41) is 0. The Balaban J connectivity index is 1.18. The molecule has 6 saturated carbocycles. The summed E-state index contributed by atoms with van der Waals surface area (Å²) in [5.74, 6) is 7.26. The molecule has 6 atom stereocenters. The number of esters is 2. The lowest BCUT2D eigenvalue weighted by molar-refractivity contribution is -0.141. The molecular weight excluding hydrogens is 661 g/mol. The van der Waals surface area contributed by atoms with Crippen LogP contribution in [0.4, 0.5) is 0 Å². The van der Waals surface area contributed by atoms with E-state index in [2.05, 4.69) is 13.2 Å². The Hall–Kier alpha value is -1.66. The van der Waals surface area contributed by atoms with Gasteiger partial charge in [-0.1, -0.05) is 109 Å². The van der Waals surface area contributed by atoms with Gasteiger partial charge in [-0.05, 0) is 123 Å². The molecule has 6 nitrogen and oxygen atoms in total. The van der Waals surface area contributed by atoms with E-state index in [4.69, 9.17) is 18.9 Å². The van der Waals surface area contributed by atoms with E-state index in [-0.39, 0.29) is 24.1 Å². The summed E-state index contributed by atoms with van der Waals surface area (Å²) in [7, 11) is 0. The zero-order chi connectivity index (χ0) is 36.8. The lowest BCUT2D eigenvalue weighted by Crippen LogP contribution is -2.46. The first-order chi connectivity index (χ1) is 26.0. The van der Waals surface area contributed by atoms with Gasteiger partial charge in [0, 0.05) is 12.2 Å². The van der Waals surface area contributed by atoms with Crippen LogP contribution in [0.15, 0.2) is 25.3 Å². The molecule has 0 aromatic rings. The average Bonchev–Trinajstić information content (AvgIpc) is 3.22. The average molecular weight is 737 g/mol. The second-order valence-corrected chi connectivity index (χ2v) is 18.5. The highest BCUT2D eigenvalue weighted by molar-refractivity contribution is 5.81. The van der Waals surface area contributed by atoms with Gasteiger partial charge in [0.25, 0.3) is 0 Å². The molecule has 6 aliphatic rings. The Kier molecular flexibility index (Phi) is 16.7. The first-order valence-electron chi connectivity index (χ1n) is 22.9. The van der Waals surface area contributed by atoms with Crippen LogP contribution < -0.4 is 0 Å². The van der Waals surface area contributed by atoms with Crippen molar-refractivity contribution >= 4 is 11.9 Å². The SMILES string of the molecule is C=CC(=O)OCCOC1CCC(C(C2CCC(C3CCCCC3)CC2)C2CCC(OCCOC(=O)C=C)C(C3CCCCC3)C2)CC1C1CCCCC1. The molecule has 6 fully saturated rings. The molecule has 53 heavy (non-hydrogen) atoms. The van der Waals surface area contributed by atoms with Crippen molar-refractivity contribution in [1.29, 1.82) is 0 Å². The fourth-order valence-electron chi connectivity index (χ4n) is 13.2. The van der Waals surface area contributed by atoms with Gasteiger partial charge in [-0.2, -0.15) is 0 Å². The van der Waals surface area contributed by atoms with E-state index >= 15 is 0 Å². The van der Waals surface area contributed by atoms with Crippen molar-refractivity contribution in [3.63, 3.8) is 0 Å². The maximum Gasteiger partial charge on any atom is 0.330 e. The largest absolute Gasteiger partial charge is 0.460 e. The Morgan fingerprint density at radius 2 is 0.830 bits per heavy atom. The molecule has 6 aliphatic carbocycles. The molecule has 0 N–H and O–H groups in total. The van der Waals surface area contributed by atoms with Gasteiger partial charge in [-0.15, -0.1) is 0 Å². The Morgan fingerprint density at radius 1 is 0.453 bits per heavy atom. The van der Waals surface area contributed by atoms with Gasteiger partial charge in [0.1, 0.15) is 13.2 Å². The van der Waals surface area contributed by atoms with Crippen molar-refractivity contribution in [2.45, 2.75) is 173 Å². The fraction of sp³-hybridized carbons (Fsp3) is 0.872. The fourth-order valence-corrected chi connectivity index (χ4v) is 13.2. The van der Waals surface area contributed by atoms with Crippen molar-refractivity contribution in [3.8, 4) is 0 Å². The molecule has 6 unspecified atom stereocenters. The van der Waals surface area contributed by atoms with Crippen molar-refractivity contribution in [2.24, 2.45) is 59.2 Å². The molecule has 0 saturated heterocycles. The van der Waals surface area contributed by atoms with Gasteiger partial charge in [0.05, 0.1) is 25.4 Å². The van der Waals surface area contributed by atoms with E-state index in [9.17, 15) is 9.59 Å². The summed E-state index contributed by atoms with van der Waals surface area (Å²) in [4.78, 5) is 23.4. The maximum atomic E-state index is 11.7. The van der Waals surface area contributed by atoms with Crippen LogP contribution in [0.3, 0.4) is 0 Å². The number of hydrogen-bond acceptors (Lipinski definition) is 6. The van der Waals surface area contributed by atoms with E-state index in [0.717, 1.165) is 60.2 Å². The molecule has 0 bridgehead atoms. The Labute approximate surface area is 323 Å². The number of carbonyl (C=O) groups excluding carboxylic acids is 2. The summed E-state index contributed by atoms with van der Waals surface area (Å²) < 4.78 is 24.0. The van der Waals surface area contributed by atoms with E-state index in [1.54, 1.807) is 0 Å². The lowest BCUT2D eigenvalue weighted by atomic mass is 9.55. The summed E-state index contributed by atoms with van der Waals surface area (Å²) in [5.41, 5.74) is 0. The highest BCUT2D eigenvalue weighted by Crippen LogP contribution is 2.54. The molecule has 6 rings (SSSR count). The normalized spacial score (nSPS) is 34.5. The zero-order valence-corrected chi connectivity index (χ0v) is 33.5. The van der Waals surface area contributed by atoms with Crippen molar-refractivity contribution < 1.29 is 28.5 Å². The second kappa shape index (κ2) is 21.6. The molecule has 6 heteroatoms. The topological polar surface area (TPSA) is 71.1 Å². The highest BCUT2D eigenvalue weighted by Gasteiger charge is 2.47. The lowest BCUT2D eigenvalue weighted by Gasteiger charge is -2.51. The number of carbonyl (C=O) groups is 2. The van der Waals surface area contributed by atoms with Gasteiger partial charge < -0.3 is 18.9 Å². The third-order valence-corrected chi connectivity index (χ3v) is 15.7. The van der Waals surface area contributed by atoms with Gasteiger partial charge in [-0.3, -0.25) is 0 Å². The first kappa shape index (κ1) is 41.0. The third kappa shape index (κ3) is 11.7. The molecule has 0 aromatic heterocycles.